The minimum atomic E-state index is -0.0634. The second-order valence-electron chi connectivity index (χ2n) is 7.60. The summed E-state index contributed by atoms with van der Waals surface area (Å²) in [6.45, 7) is 6.41. The first-order chi connectivity index (χ1) is 14.1. The van der Waals surface area contributed by atoms with Crippen molar-refractivity contribution in [3.8, 4) is 0 Å². The Morgan fingerprint density at radius 1 is 1.03 bits per heavy atom. The van der Waals surface area contributed by atoms with Crippen molar-refractivity contribution in [2.24, 2.45) is 0 Å². The zero-order valence-corrected chi connectivity index (χ0v) is 17.8. The van der Waals surface area contributed by atoms with Gasteiger partial charge in [-0.1, -0.05) is 30.7 Å². The molecule has 5 heteroatoms. The average molecular weight is 406 g/mol. The maximum absolute atomic E-state index is 12.9. The third-order valence-corrected chi connectivity index (χ3v) is 6.83. The van der Waals surface area contributed by atoms with Crippen LogP contribution in [0.5, 0.6) is 0 Å². The van der Waals surface area contributed by atoms with Crippen molar-refractivity contribution in [2.45, 2.75) is 39.2 Å². The van der Waals surface area contributed by atoms with Crippen molar-refractivity contribution in [3.05, 3.63) is 82.0 Å². The number of rotatable bonds is 5. The number of aryl methyl sites for hydroxylation is 1. The first-order valence-electron chi connectivity index (χ1n) is 10.3. The Bertz CT molecular complexity index is 963. The molecule has 0 saturated carbocycles. The average Bonchev–Trinajstić information content (AvgIpc) is 3.04. The van der Waals surface area contributed by atoms with E-state index in [0.717, 1.165) is 23.8 Å². The molecule has 0 radical (unpaired) electrons. The van der Waals surface area contributed by atoms with Crippen molar-refractivity contribution in [1.82, 2.24) is 9.88 Å². The highest BCUT2D eigenvalue weighted by atomic mass is 32.1. The lowest BCUT2D eigenvalue weighted by Crippen LogP contribution is -2.35. The number of likely N-dealkylation sites (tertiary alicyclic amines) is 1. The molecule has 0 spiro atoms. The van der Waals surface area contributed by atoms with Crippen LogP contribution in [0.4, 0.5) is 5.00 Å². The number of carbonyl (C=O) groups is 1. The predicted octanol–water partition coefficient (Wildman–Crippen LogP) is 5.59. The van der Waals surface area contributed by atoms with E-state index >= 15 is 0 Å². The van der Waals surface area contributed by atoms with Crippen LogP contribution in [0.25, 0.3) is 0 Å². The Balaban J connectivity index is 1.75. The van der Waals surface area contributed by atoms with Crippen LogP contribution >= 0.6 is 11.3 Å². The van der Waals surface area contributed by atoms with E-state index in [1.165, 1.54) is 35.3 Å². The minimum absolute atomic E-state index is 0.0625. The number of anilines is 1. The number of benzene rings is 1. The molecule has 29 heavy (non-hydrogen) atoms. The van der Waals surface area contributed by atoms with Gasteiger partial charge in [-0.15, -0.1) is 11.3 Å². The summed E-state index contributed by atoms with van der Waals surface area (Å²) in [7, 11) is 0. The van der Waals surface area contributed by atoms with Crippen LogP contribution in [0.15, 0.2) is 54.7 Å². The maximum atomic E-state index is 12.9. The van der Waals surface area contributed by atoms with Gasteiger partial charge < -0.3 is 5.32 Å². The SMILES string of the molecule is Cc1sc(NC(=O)c2ccccc2)c([C@@H](c2ccccn2)N2CCCCC2)c1C. The zero-order valence-electron chi connectivity index (χ0n) is 17.0. The summed E-state index contributed by atoms with van der Waals surface area (Å²) < 4.78 is 0. The van der Waals surface area contributed by atoms with Crippen molar-refractivity contribution in [2.75, 3.05) is 18.4 Å². The monoisotopic (exact) mass is 405 g/mol. The second kappa shape index (κ2) is 8.89. The van der Waals surface area contributed by atoms with E-state index < -0.39 is 0 Å². The van der Waals surface area contributed by atoms with E-state index in [0.29, 0.717) is 5.56 Å². The molecule has 4 rings (SSSR count). The Morgan fingerprint density at radius 2 is 1.76 bits per heavy atom. The topological polar surface area (TPSA) is 45.2 Å². The molecule has 3 aromatic rings. The maximum Gasteiger partial charge on any atom is 0.256 e. The van der Waals surface area contributed by atoms with Crippen molar-refractivity contribution in [1.29, 1.82) is 0 Å². The summed E-state index contributed by atoms with van der Waals surface area (Å²) in [6.07, 6.45) is 5.56. The van der Waals surface area contributed by atoms with Gasteiger partial charge in [0.2, 0.25) is 0 Å². The quantitative estimate of drug-likeness (QED) is 0.602. The van der Waals surface area contributed by atoms with E-state index in [1.54, 1.807) is 11.3 Å². The van der Waals surface area contributed by atoms with E-state index in [-0.39, 0.29) is 11.9 Å². The minimum Gasteiger partial charge on any atom is -0.313 e. The molecule has 0 bridgehead atoms. The first-order valence-corrected chi connectivity index (χ1v) is 11.1. The van der Waals surface area contributed by atoms with Crippen LogP contribution in [0.3, 0.4) is 0 Å². The number of amides is 1. The lowest BCUT2D eigenvalue weighted by atomic mass is 9.96. The van der Waals surface area contributed by atoms with Gasteiger partial charge in [0.25, 0.3) is 5.91 Å². The molecular weight excluding hydrogens is 378 g/mol. The zero-order chi connectivity index (χ0) is 20.2. The normalized spacial score (nSPS) is 15.8. The summed E-state index contributed by atoms with van der Waals surface area (Å²) >= 11 is 1.66. The Morgan fingerprint density at radius 3 is 2.45 bits per heavy atom. The molecule has 1 aromatic carbocycles. The number of nitrogens with zero attached hydrogens (tertiary/aromatic N) is 2. The molecule has 2 aromatic heterocycles. The van der Waals surface area contributed by atoms with Crippen molar-refractivity contribution < 1.29 is 4.79 Å². The molecular formula is C24H27N3OS. The number of hydrogen-bond acceptors (Lipinski definition) is 4. The summed E-state index contributed by atoms with van der Waals surface area (Å²) in [5.74, 6) is -0.0634. The number of hydrogen-bond donors (Lipinski definition) is 1. The predicted molar refractivity (Wildman–Crippen MR) is 120 cm³/mol. The molecule has 150 valence electrons. The molecule has 1 saturated heterocycles. The number of nitrogens with one attached hydrogen (secondary N) is 1. The van der Waals surface area contributed by atoms with E-state index in [9.17, 15) is 4.79 Å². The molecule has 1 aliphatic heterocycles. The van der Waals surface area contributed by atoms with E-state index in [1.807, 2.05) is 42.6 Å². The molecule has 1 N–H and O–H groups in total. The molecule has 1 atom stereocenters. The van der Waals surface area contributed by atoms with E-state index in [4.69, 9.17) is 4.98 Å². The second-order valence-corrected chi connectivity index (χ2v) is 8.82. The summed E-state index contributed by atoms with van der Waals surface area (Å²) in [5.41, 5.74) is 4.16. The lowest BCUT2D eigenvalue weighted by molar-refractivity contribution is 0.102. The van der Waals surface area contributed by atoms with Gasteiger partial charge in [-0.05, 0) is 69.6 Å². The van der Waals surface area contributed by atoms with Gasteiger partial charge in [0.1, 0.15) is 5.00 Å². The fraction of sp³-hybridized carbons (Fsp3) is 0.333. The fourth-order valence-electron chi connectivity index (χ4n) is 4.06. The molecule has 1 fully saturated rings. The molecule has 1 amide bonds. The third-order valence-electron chi connectivity index (χ3n) is 5.69. The summed E-state index contributed by atoms with van der Waals surface area (Å²) in [5, 5.41) is 4.14. The third kappa shape index (κ3) is 4.26. The Hall–Kier alpha value is -2.50. The smallest absolute Gasteiger partial charge is 0.256 e. The fourth-order valence-corrected chi connectivity index (χ4v) is 5.15. The highest BCUT2D eigenvalue weighted by molar-refractivity contribution is 7.16. The Kier molecular flexibility index (Phi) is 6.07. The van der Waals surface area contributed by atoms with Crippen LogP contribution in [0, 0.1) is 13.8 Å². The van der Waals surface area contributed by atoms with Crippen LogP contribution < -0.4 is 5.32 Å². The van der Waals surface area contributed by atoms with Gasteiger partial charge in [0.05, 0.1) is 11.7 Å². The van der Waals surface area contributed by atoms with Crippen molar-refractivity contribution >= 4 is 22.2 Å². The van der Waals surface area contributed by atoms with Crippen LogP contribution in [-0.4, -0.2) is 28.9 Å². The molecule has 0 unspecified atom stereocenters. The highest BCUT2D eigenvalue weighted by Crippen LogP contribution is 2.42. The summed E-state index contributed by atoms with van der Waals surface area (Å²) in [6, 6.07) is 15.6. The molecule has 0 aliphatic carbocycles. The van der Waals surface area contributed by atoms with Crippen molar-refractivity contribution in [3.63, 3.8) is 0 Å². The molecule has 3 heterocycles. The first kappa shape index (κ1) is 19.8. The standard InChI is InChI=1S/C24H27N3OS/c1-17-18(2)29-24(26-23(28)19-11-5-3-6-12-19)21(17)22(20-13-7-8-14-25-20)27-15-9-4-10-16-27/h3,5-8,11-14,22H,4,9-10,15-16H2,1-2H3,(H,26,28)/t22-/m1/s1. The van der Waals surface area contributed by atoms with Gasteiger partial charge >= 0.3 is 0 Å². The summed E-state index contributed by atoms with van der Waals surface area (Å²) in [4.78, 5) is 21.4. The van der Waals surface area contributed by atoms with E-state index in [2.05, 4.69) is 36.2 Å². The van der Waals surface area contributed by atoms with Crippen LogP contribution in [-0.2, 0) is 0 Å². The van der Waals surface area contributed by atoms with Crippen LogP contribution in [0.1, 0.15) is 57.4 Å². The highest BCUT2D eigenvalue weighted by Gasteiger charge is 2.31. The van der Waals surface area contributed by atoms with Gasteiger partial charge in [-0.3, -0.25) is 14.7 Å². The van der Waals surface area contributed by atoms with Crippen LogP contribution in [0.2, 0.25) is 0 Å². The molecule has 4 nitrogen and oxygen atoms in total. The van der Waals surface area contributed by atoms with Gasteiger partial charge in [0, 0.05) is 22.2 Å². The lowest BCUT2D eigenvalue weighted by Gasteiger charge is -2.35. The number of piperidine rings is 1. The Labute approximate surface area is 176 Å². The number of aromatic nitrogens is 1. The van der Waals surface area contributed by atoms with Gasteiger partial charge in [-0.2, -0.15) is 0 Å². The molecule has 1 aliphatic rings. The van der Waals surface area contributed by atoms with Gasteiger partial charge in [0.15, 0.2) is 0 Å². The number of pyridine rings is 1. The largest absolute Gasteiger partial charge is 0.313 e. The number of thiophene rings is 1. The van der Waals surface area contributed by atoms with Gasteiger partial charge in [-0.25, -0.2) is 0 Å². The number of carbonyl (C=O) groups excluding carboxylic acids is 1.